The Morgan fingerprint density at radius 2 is 0.600 bits per heavy atom. The van der Waals surface area contributed by atoms with Gasteiger partial charge in [-0.15, -0.1) is 0 Å². The molecule has 0 spiro atoms. The second-order valence-electron chi connectivity index (χ2n) is 18.3. The van der Waals surface area contributed by atoms with Crippen LogP contribution in [-0.2, 0) is 9.05 Å². The van der Waals surface area contributed by atoms with Gasteiger partial charge in [0.2, 0.25) is 0 Å². The van der Waals surface area contributed by atoms with Crippen LogP contribution in [0.25, 0.3) is 0 Å². The van der Waals surface area contributed by atoms with Crippen LogP contribution in [0.4, 0.5) is 0 Å². The minimum absolute atomic E-state index is 0.221. The van der Waals surface area contributed by atoms with E-state index in [1.807, 2.05) is 24.3 Å². The van der Waals surface area contributed by atoms with Gasteiger partial charge in [0.15, 0.2) is 0 Å². The number of benzene rings is 10. The molecule has 0 N–H and O–H groups in total. The SMILES string of the molecule is Cc1ccc2c(c1)C(c1ccc(Cl)cc1)OP2(c1ccccc1)(c1ccccc1)c1ccccc1.Cc1ccc2c(c1)P(c1ccccc1)(c1ccccc1)(c1ccccc1)OC2c1ccc(Cl)cc1. The fraction of sp³-hybridized carbons (Fsp3) is 0.0625. The number of hydrogen-bond donors (Lipinski definition) is 0. The summed E-state index contributed by atoms with van der Waals surface area (Å²) in [5, 5.41) is 11.2. The van der Waals surface area contributed by atoms with Crippen molar-refractivity contribution in [1.29, 1.82) is 0 Å². The molecule has 0 aromatic heterocycles. The molecule has 0 aliphatic carbocycles. The van der Waals surface area contributed by atoms with Crippen molar-refractivity contribution >= 4 is 79.3 Å². The second-order valence-corrected chi connectivity index (χ2v) is 27.8. The van der Waals surface area contributed by atoms with E-state index < -0.39 is 13.7 Å². The summed E-state index contributed by atoms with van der Waals surface area (Å²) < 4.78 is 15.5. The molecule has 0 saturated heterocycles. The number of rotatable bonds is 8. The fourth-order valence-electron chi connectivity index (χ4n) is 11.3. The van der Waals surface area contributed by atoms with Crippen LogP contribution in [0.1, 0.15) is 45.6 Å². The van der Waals surface area contributed by atoms with E-state index in [4.69, 9.17) is 32.2 Å². The molecule has 0 bridgehead atoms. The molecule has 10 aromatic rings. The van der Waals surface area contributed by atoms with Crippen LogP contribution in [0.5, 0.6) is 0 Å². The Morgan fingerprint density at radius 3 is 0.957 bits per heavy atom. The Balaban J connectivity index is 0.000000152. The molecule has 344 valence electrons. The molecular weight excluding hydrogens is 934 g/mol. The third kappa shape index (κ3) is 7.00. The van der Waals surface area contributed by atoms with Crippen molar-refractivity contribution in [1.82, 2.24) is 0 Å². The molecule has 6 heteroatoms. The van der Waals surface area contributed by atoms with Crippen LogP contribution < -0.4 is 42.4 Å². The molecule has 0 amide bonds. The van der Waals surface area contributed by atoms with Crippen LogP contribution in [-0.4, -0.2) is 0 Å². The second kappa shape index (κ2) is 18.4. The third-order valence-electron chi connectivity index (χ3n) is 14.3. The standard InChI is InChI=1S/2C32H26ClOP/c1-24-17-22-31-30(23-24)32(25-18-20-26(33)21-19-25)34-35(31,27-11-5-2-6-12-27,28-13-7-3-8-14-28)29-15-9-4-10-16-29;1-24-17-22-30-31(23-24)35(27-11-5-2-6-12-27,28-13-7-3-8-14-28,29-15-9-4-10-16-29)34-32(30)25-18-20-26(33)21-19-25/h2*2-23,32H,1H3. The van der Waals surface area contributed by atoms with Gasteiger partial charge >= 0.3 is 425 Å². The molecule has 10 aromatic carbocycles. The average Bonchev–Trinajstić information content (AvgIpc) is 3.92. The molecule has 70 heavy (non-hydrogen) atoms. The van der Waals surface area contributed by atoms with Crippen LogP contribution in [0, 0.1) is 13.8 Å². The van der Waals surface area contributed by atoms with Gasteiger partial charge in [-0.1, -0.05) is 0 Å². The van der Waals surface area contributed by atoms with Gasteiger partial charge in [0, 0.05) is 0 Å². The van der Waals surface area contributed by atoms with Crippen LogP contribution in [0.15, 0.2) is 267 Å². The van der Waals surface area contributed by atoms with Gasteiger partial charge in [-0.25, -0.2) is 0 Å². The van der Waals surface area contributed by atoms with Crippen molar-refractivity contribution in [3.05, 3.63) is 310 Å². The van der Waals surface area contributed by atoms with Crippen molar-refractivity contribution in [3.8, 4) is 0 Å². The van der Waals surface area contributed by atoms with Crippen molar-refractivity contribution in [3.63, 3.8) is 0 Å². The summed E-state index contributed by atoms with van der Waals surface area (Å²) >= 11 is 12.6. The molecule has 0 saturated carbocycles. The number of fused-ring (bicyclic) bond motifs is 2. The summed E-state index contributed by atoms with van der Waals surface area (Å²) in [6.07, 6.45) is -0.443. The monoisotopic (exact) mass is 984 g/mol. The zero-order valence-corrected chi connectivity index (χ0v) is 42.3. The average molecular weight is 986 g/mol. The first-order valence-corrected chi connectivity index (χ1v) is 28.8. The Labute approximate surface area is 422 Å². The first kappa shape index (κ1) is 46.0. The summed E-state index contributed by atoms with van der Waals surface area (Å²) in [5.74, 6) is 0. The molecule has 2 heterocycles. The topological polar surface area (TPSA) is 18.5 Å². The van der Waals surface area contributed by atoms with Gasteiger partial charge in [0.1, 0.15) is 0 Å². The van der Waals surface area contributed by atoms with Gasteiger partial charge in [-0.05, 0) is 0 Å². The normalized spacial score (nSPS) is 18.8. The van der Waals surface area contributed by atoms with E-state index in [9.17, 15) is 0 Å². The minimum atomic E-state index is -3.59. The van der Waals surface area contributed by atoms with E-state index in [1.54, 1.807) is 0 Å². The van der Waals surface area contributed by atoms with E-state index in [1.165, 1.54) is 64.7 Å². The molecule has 0 fully saturated rings. The van der Waals surface area contributed by atoms with Crippen LogP contribution in [0.2, 0.25) is 10.0 Å². The van der Waals surface area contributed by atoms with E-state index in [-0.39, 0.29) is 12.2 Å². The van der Waals surface area contributed by atoms with Crippen molar-refractivity contribution < 1.29 is 9.05 Å². The molecule has 12 rings (SSSR count). The van der Waals surface area contributed by atoms with Crippen molar-refractivity contribution in [2.24, 2.45) is 0 Å². The quantitative estimate of drug-likeness (QED) is 0.141. The van der Waals surface area contributed by atoms with Crippen LogP contribution >= 0.6 is 36.9 Å². The van der Waals surface area contributed by atoms with Gasteiger partial charge in [0.05, 0.1) is 0 Å². The Kier molecular flexibility index (Phi) is 12.1. The number of halogens is 2. The van der Waals surface area contributed by atoms with E-state index in [2.05, 4.69) is 257 Å². The molecular formula is C64H52Cl2O2P2. The number of hydrogen-bond acceptors (Lipinski definition) is 2. The summed E-state index contributed by atoms with van der Waals surface area (Å²) in [7, 11) is 0. The maximum absolute atomic E-state index is 7.73. The summed E-state index contributed by atoms with van der Waals surface area (Å²) in [6, 6.07) is 94.8. The number of aryl methyl sites for hydroxylation is 2. The molecule has 2 aliphatic rings. The molecule has 2 unspecified atom stereocenters. The zero-order valence-electron chi connectivity index (χ0n) is 39.0. The molecule has 0 radical (unpaired) electrons. The molecule has 2 atom stereocenters. The molecule has 2 nitrogen and oxygen atoms in total. The summed E-state index contributed by atoms with van der Waals surface area (Å²) in [4.78, 5) is 0. The maximum atomic E-state index is 7.73. The zero-order chi connectivity index (χ0) is 47.8. The Morgan fingerprint density at radius 1 is 0.300 bits per heavy atom. The van der Waals surface area contributed by atoms with E-state index >= 15 is 0 Å². The predicted molar refractivity (Wildman–Crippen MR) is 301 cm³/mol. The fourth-order valence-corrected chi connectivity index (χ4v) is 23.9. The van der Waals surface area contributed by atoms with Gasteiger partial charge in [0.25, 0.3) is 0 Å². The Hall–Kier alpha value is -6.44. The molecule has 2 aliphatic heterocycles. The van der Waals surface area contributed by atoms with E-state index in [0.717, 1.165) is 21.2 Å². The summed E-state index contributed by atoms with van der Waals surface area (Å²) in [6.45, 7) is -2.84. The van der Waals surface area contributed by atoms with Gasteiger partial charge < -0.3 is 0 Å². The first-order chi connectivity index (χ1) is 34.3. The van der Waals surface area contributed by atoms with Crippen LogP contribution in [0.3, 0.4) is 0 Å². The Bertz CT molecular complexity index is 3230. The van der Waals surface area contributed by atoms with Gasteiger partial charge in [-0.2, -0.15) is 0 Å². The van der Waals surface area contributed by atoms with Crippen molar-refractivity contribution in [2.45, 2.75) is 26.1 Å². The third-order valence-corrected chi connectivity index (χ3v) is 26.4. The predicted octanol–water partition coefficient (Wildman–Crippen LogP) is 13.7. The first-order valence-electron chi connectivity index (χ1n) is 23.7. The van der Waals surface area contributed by atoms with Gasteiger partial charge in [-0.3, -0.25) is 0 Å². The van der Waals surface area contributed by atoms with Crippen molar-refractivity contribution in [2.75, 3.05) is 0 Å². The summed E-state index contributed by atoms with van der Waals surface area (Å²) in [5.41, 5.74) is 7.10. The van der Waals surface area contributed by atoms with E-state index in [0.29, 0.717) is 0 Å².